The predicted octanol–water partition coefficient (Wildman–Crippen LogP) is 6.09. The molecule has 1 fully saturated rings. The average molecular weight is 870 g/mol. The van der Waals surface area contributed by atoms with Gasteiger partial charge in [0.25, 0.3) is 15.9 Å². The average Bonchev–Trinajstić information content (AvgIpc) is 3.37. The smallest absolute Gasteiger partial charge is 0.378 e. The molecule has 4 heterocycles. The summed E-state index contributed by atoms with van der Waals surface area (Å²) in [6, 6.07) is 9.06. The summed E-state index contributed by atoms with van der Waals surface area (Å²) in [5.74, 6) is -3.82. The fourth-order valence-corrected chi connectivity index (χ4v) is 8.76. The van der Waals surface area contributed by atoms with Crippen LogP contribution in [-0.2, 0) is 54.0 Å². The van der Waals surface area contributed by atoms with Crippen molar-refractivity contribution in [1.82, 2.24) is 39.6 Å². The van der Waals surface area contributed by atoms with Crippen molar-refractivity contribution < 1.29 is 49.1 Å². The number of carbonyl (C=O) groups is 1. The number of rotatable bonds is 10. The number of aromatic nitrogens is 7. The molecule has 21 heteroatoms. The number of anilines is 1. The Kier molecular flexibility index (Phi) is 9.81. The number of aliphatic hydroxyl groups is 1. The van der Waals surface area contributed by atoms with Crippen LogP contribution in [0.25, 0.3) is 22.0 Å². The number of nitrogens with one attached hydrogen (secondary N) is 2. The number of aryl methyl sites for hydroxylation is 2. The van der Waals surface area contributed by atoms with Crippen molar-refractivity contribution >= 4 is 32.7 Å². The van der Waals surface area contributed by atoms with E-state index in [1.165, 1.54) is 42.5 Å². The van der Waals surface area contributed by atoms with Crippen molar-refractivity contribution in [2.24, 2.45) is 20.0 Å². The standard InChI is InChI=1S/C40H34F7N9O4S/c1-38(2,58)11-10-23-8-9-25(26-6-5-7-27-34(26)55(4)52-37(27)53-61(59,60)24-17-48-54(3)18-24)33(49-23)30(14-20-12-21(41)15-22(42)13-20)50-31(57)19-56-36-32(35(51-56)40(45,46)47)28-16-29(28)39(36,43)44/h5-9,12-13,15,17-18,28-30,58H,14,16,19H2,1-4H3,(H,50,57)(H,52,53)/t28-,29+,30-/m0/s1. The maximum atomic E-state index is 15.4. The van der Waals surface area contributed by atoms with Crippen LogP contribution in [0.5, 0.6) is 0 Å². The molecule has 1 saturated carbocycles. The van der Waals surface area contributed by atoms with Gasteiger partial charge in [-0.15, -0.1) is 0 Å². The Morgan fingerprint density at radius 1 is 1.05 bits per heavy atom. The molecule has 0 saturated heterocycles. The number of carbonyl (C=O) groups excluding carboxylic acids is 1. The number of fused-ring (bicyclic) bond motifs is 4. The quantitative estimate of drug-likeness (QED) is 0.110. The number of hydrogen-bond donors (Lipinski definition) is 3. The molecule has 0 unspecified atom stereocenters. The second kappa shape index (κ2) is 14.4. The van der Waals surface area contributed by atoms with Crippen LogP contribution in [-0.4, -0.2) is 59.4 Å². The number of halogens is 7. The van der Waals surface area contributed by atoms with Gasteiger partial charge in [-0.2, -0.15) is 37.2 Å². The van der Waals surface area contributed by atoms with Crippen molar-refractivity contribution in [2.45, 2.75) is 67.8 Å². The van der Waals surface area contributed by atoms with Gasteiger partial charge in [0, 0.05) is 54.4 Å². The summed E-state index contributed by atoms with van der Waals surface area (Å²) >= 11 is 0. The fourth-order valence-electron chi connectivity index (χ4n) is 7.76. The van der Waals surface area contributed by atoms with Crippen molar-refractivity contribution in [2.75, 3.05) is 4.72 Å². The van der Waals surface area contributed by atoms with Gasteiger partial charge >= 0.3 is 6.18 Å². The molecular formula is C40H34F7N9O4S. The van der Waals surface area contributed by atoms with Crippen LogP contribution in [0.1, 0.15) is 66.1 Å². The number of benzene rings is 2. The van der Waals surface area contributed by atoms with E-state index < -0.39 is 93.1 Å². The van der Waals surface area contributed by atoms with Crippen LogP contribution in [0.3, 0.4) is 0 Å². The minimum Gasteiger partial charge on any atom is -0.378 e. The lowest BCUT2D eigenvalue weighted by Crippen LogP contribution is -2.35. The first-order chi connectivity index (χ1) is 28.5. The summed E-state index contributed by atoms with van der Waals surface area (Å²) < 4.78 is 135. The molecule has 0 radical (unpaired) electrons. The molecule has 2 aliphatic rings. The number of para-hydroxylation sites is 1. The van der Waals surface area contributed by atoms with Gasteiger partial charge in [-0.25, -0.2) is 22.2 Å². The van der Waals surface area contributed by atoms with Crippen LogP contribution in [0, 0.1) is 29.4 Å². The second-order valence-electron chi connectivity index (χ2n) is 15.5. The molecule has 13 nitrogen and oxygen atoms in total. The minimum atomic E-state index is -5.09. The first-order valence-electron chi connectivity index (χ1n) is 18.5. The molecule has 3 N–H and O–H groups in total. The molecule has 2 aliphatic carbocycles. The summed E-state index contributed by atoms with van der Waals surface area (Å²) in [6.45, 7) is 1.75. The Labute approximate surface area is 342 Å². The molecule has 3 atom stereocenters. The summed E-state index contributed by atoms with van der Waals surface area (Å²) in [7, 11) is -1.09. The Morgan fingerprint density at radius 3 is 2.43 bits per heavy atom. The zero-order valence-electron chi connectivity index (χ0n) is 32.5. The molecule has 2 aromatic carbocycles. The minimum absolute atomic E-state index is 0.000301. The molecule has 8 rings (SSSR count). The maximum absolute atomic E-state index is 15.4. The van der Waals surface area contributed by atoms with Crippen LogP contribution in [0.2, 0.25) is 0 Å². The Bertz CT molecular complexity index is 2920. The van der Waals surface area contributed by atoms with Gasteiger partial charge in [-0.05, 0) is 74.4 Å². The maximum Gasteiger partial charge on any atom is 0.435 e. The highest BCUT2D eigenvalue weighted by atomic mass is 32.2. The van der Waals surface area contributed by atoms with Gasteiger partial charge in [-0.1, -0.05) is 18.1 Å². The van der Waals surface area contributed by atoms with Crippen LogP contribution in [0.15, 0.2) is 65.8 Å². The van der Waals surface area contributed by atoms with Crippen LogP contribution in [0.4, 0.5) is 36.6 Å². The first kappa shape index (κ1) is 41.5. The third-order valence-corrected chi connectivity index (χ3v) is 11.6. The molecule has 0 spiro atoms. The SMILES string of the molecule is Cn1cc(S(=O)(=O)Nc2nn(C)c3c(-c4ccc(C#CC(C)(C)O)nc4[C@H](Cc4cc(F)cc(F)c4)NC(=O)Cn4nc(C(F)(F)F)c5c4C(F)(F)[C@@H]4C[C@H]54)cccc23)cn1. The lowest BCUT2D eigenvalue weighted by Gasteiger charge is -2.23. The third-order valence-electron chi connectivity index (χ3n) is 10.3. The number of sulfonamides is 1. The van der Waals surface area contributed by atoms with Crippen molar-refractivity contribution in [3.8, 4) is 23.0 Å². The molecule has 0 bridgehead atoms. The van der Waals surface area contributed by atoms with E-state index >= 15 is 8.78 Å². The number of alkyl halides is 5. The number of pyridine rings is 1. The Hall–Kier alpha value is -6.27. The number of nitrogens with zero attached hydrogens (tertiary/aromatic N) is 7. The normalized spacial score (nSPS) is 17.4. The van der Waals surface area contributed by atoms with Gasteiger partial charge in [-0.3, -0.25) is 23.6 Å². The van der Waals surface area contributed by atoms with Gasteiger partial charge in [0.1, 0.15) is 40.1 Å². The summed E-state index contributed by atoms with van der Waals surface area (Å²) in [5, 5.41) is 25.1. The van der Waals surface area contributed by atoms with Gasteiger partial charge in [0.2, 0.25) is 5.91 Å². The lowest BCUT2D eigenvalue weighted by molar-refractivity contribution is -0.142. The third kappa shape index (κ3) is 7.92. The summed E-state index contributed by atoms with van der Waals surface area (Å²) in [6.07, 6.45) is -3.19. The van der Waals surface area contributed by atoms with E-state index in [1.54, 1.807) is 31.3 Å². The molecule has 4 aromatic heterocycles. The van der Waals surface area contributed by atoms with Gasteiger partial charge in [0.05, 0.1) is 23.4 Å². The van der Waals surface area contributed by atoms with Crippen molar-refractivity contribution in [3.05, 3.63) is 106 Å². The van der Waals surface area contributed by atoms with E-state index in [4.69, 9.17) is 4.98 Å². The highest BCUT2D eigenvalue weighted by molar-refractivity contribution is 7.92. The van der Waals surface area contributed by atoms with Gasteiger partial charge in [0.15, 0.2) is 11.5 Å². The molecule has 318 valence electrons. The van der Waals surface area contributed by atoms with E-state index in [0.717, 1.165) is 18.3 Å². The van der Waals surface area contributed by atoms with Crippen LogP contribution < -0.4 is 10.0 Å². The monoisotopic (exact) mass is 869 g/mol. The lowest BCUT2D eigenvalue weighted by atomic mass is 9.93. The van der Waals surface area contributed by atoms with Crippen molar-refractivity contribution in [3.63, 3.8) is 0 Å². The number of hydrogen-bond acceptors (Lipinski definition) is 8. The van der Waals surface area contributed by atoms with E-state index in [2.05, 4.69) is 37.2 Å². The molecule has 0 aliphatic heterocycles. The second-order valence-corrected chi connectivity index (χ2v) is 17.2. The van der Waals surface area contributed by atoms with Crippen LogP contribution >= 0.6 is 0 Å². The zero-order valence-corrected chi connectivity index (χ0v) is 33.3. The molecule has 1 amide bonds. The van der Waals surface area contributed by atoms with E-state index in [1.807, 2.05) is 0 Å². The van der Waals surface area contributed by atoms with Crippen molar-refractivity contribution in [1.29, 1.82) is 0 Å². The fraction of sp³-hybridized carbons (Fsp3) is 0.325. The molecule has 61 heavy (non-hydrogen) atoms. The highest BCUT2D eigenvalue weighted by Gasteiger charge is 2.68. The zero-order chi connectivity index (χ0) is 44.0. The topological polar surface area (TPSA) is 162 Å². The van der Waals surface area contributed by atoms with Gasteiger partial charge < -0.3 is 10.4 Å². The summed E-state index contributed by atoms with van der Waals surface area (Å²) in [4.78, 5) is 18.5. The number of amides is 1. The van der Waals surface area contributed by atoms with E-state index in [9.17, 15) is 40.3 Å². The Morgan fingerprint density at radius 2 is 1.77 bits per heavy atom. The molecular weight excluding hydrogens is 836 g/mol. The van der Waals surface area contributed by atoms with E-state index in [0.29, 0.717) is 27.2 Å². The predicted molar refractivity (Wildman–Crippen MR) is 204 cm³/mol. The largest absolute Gasteiger partial charge is 0.435 e. The molecule has 6 aromatic rings. The summed E-state index contributed by atoms with van der Waals surface area (Å²) in [5.41, 5.74) is -3.65. The highest BCUT2D eigenvalue weighted by Crippen LogP contribution is 2.68. The van der Waals surface area contributed by atoms with E-state index in [-0.39, 0.29) is 39.6 Å². The first-order valence-corrected chi connectivity index (χ1v) is 20.0. The Balaban J connectivity index is 1.25.